The van der Waals surface area contributed by atoms with Gasteiger partial charge < -0.3 is 38.8 Å². The maximum Gasteiger partial charge on any atom is 0.348 e. The number of amides is 1. The van der Waals surface area contributed by atoms with Crippen molar-refractivity contribution in [3.05, 3.63) is 88.5 Å². The maximum absolute atomic E-state index is 13.7. The van der Waals surface area contributed by atoms with Crippen molar-refractivity contribution in [3.8, 4) is 0 Å². The fourth-order valence-electron chi connectivity index (χ4n) is 7.06. The molecule has 13 nitrogen and oxygen atoms in total. The van der Waals surface area contributed by atoms with Crippen LogP contribution in [0.2, 0.25) is 0 Å². The second-order valence-corrected chi connectivity index (χ2v) is 15.9. The Kier molecular flexibility index (Phi) is 11.1. The van der Waals surface area contributed by atoms with Crippen molar-refractivity contribution in [2.45, 2.75) is 109 Å². The van der Waals surface area contributed by atoms with Crippen LogP contribution < -0.4 is 5.32 Å². The molecule has 0 saturated carbocycles. The number of cyclic esters (lactones) is 1. The second kappa shape index (κ2) is 15.5. The van der Waals surface area contributed by atoms with Gasteiger partial charge in [0.15, 0.2) is 5.79 Å². The van der Waals surface area contributed by atoms with Gasteiger partial charge in [-0.2, -0.15) is 0 Å². The highest BCUT2D eigenvalue weighted by Gasteiger charge is 2.55. The highest BCUT2D eigenvalue weighted by molar-refractivity contribution is 5.95. The summed E-state index contributed by atoms with van der Waals surface area (Å²) in [6.45, 7) is 8.56. The van der Waals surface area contributed by atoms with Crippen LogP contribution in [0.25, 0.3) is 6.08 Å². The summed E-state index contributed by atoms with van der Waals surface area (Å²) in [6.07, 6.45) is 2.05. The molecule has 2 N–H and O–H groups in total. The molecular weight excluding hydrogens is 698 g/mol. The molecule has 2 aromatic rings. The molecule has 4 aliphatic rings. The van der Waals surface area contributed by atoms with E-state index in [0.717, 1.165) is 11.1 Å². The monoisotopic (exact) mass is 745 g/mol. The average Bonchev–Trinajstić information content (AvgIpc) is 3.75. The van der Waals surface area contributed by atoms with Crippen molar-refractivity contribution in [3.63, 3.8) is 0 Å². The third-order valence-electron chi connectivity index (χ3n) is 9.72. The van der Waals surface area contributed by atoms with E-state index in [0.29, 0.717) is 18.4 Å². The van der Waals surface area contributed by atoms with Gasteiger partial charge in [0.1, 0.15) is 30.5 Å². The van der Waals surface area contributed by atoms with Crippen LogP contribution in [0.3, 0.4) is 0 Å². The average molecular weight is 746 g/mol. The molecule has 0 bridgehead atoms. The maximum atomic E-state index is 13.7. The summed E-state index contributed by atoms with van der Waals surface area (Å²) >= 11 is 0. The van der Waals surface area contributed by atoms with E-state index >= 15 is 0 Å². The van der Waals surface area contributed by atoms with Crippen LogP contribution in [0, 0.1) is 5.41 Å². The minimum absolute atomic E-state index is 0.000721. The number of aliphatic hydroxyl groups is 1. The summed E-state index contributed by atoms with van der Waals surface area (Å²) in [7, 11) is 0. The molecule has 1 spiro atoms. The topological polar surface area (TPSA) is 173 Å². The zero-order valence-electron chi connectivity index (χ0n) is 31.1. The van der Waals surface area contributed by atoms with Crippen LogP contribution in [0.5, 0.6) is 0 Å². The Morgan fingerprint density at radius 3 is 2.39 bits per heavy atom. The normalized spacial score (nSPS) is 24.3. The van der Waals surface area contributed by atoms with E-state index < -0.39 is 83.7 Å². The number of aliphatic hydroxyl groups excluding tert-OH is 1. The van der Waals surface area contributed by atoms with Gasteiger partial charge in [0.25, 0.3) is 0 Å². The predicted molar refractivity (Wildman–Crippen MR) is 192 cm³/mol. The molecule has 54 heavy (non-hydrogen) atoms. The molecule has 1 amide bonds. The van der Waals surface area contributed by atoms with Crippen molar-refractivity contribution in [2.24, 2.45) is 5.41 Å². The van der Waals surface area contributed by atoms with E-state index in [2.05, 4.69) is 5.32 Å². The number of carbonyl (C=O) groups is 5. The summed E-state index contributed by atoms with van der Waals surface area (Å²) in [5, 5.41) is 12.8. The zero-order valence-corrected chi connectivity index (χ0v) is 31.1. The number of hydrogen-bond donors (Lipinski definition) is 2. The SMILES string of the molecule is CC(C)(C)OC(=O)CC[C@@H](CO)NC(=O)C1=C[C@H]2OC3(Cc4ccccc4C3)O[C@H]2[C@H](OC(=O)c2cccc(C=CC(=O)O[C@H]3C(=O)OCC3(C)C)c2)C1. The molecule has 2 aliphatic carbocycles. The van der Waals surface area contributed by atoms with E-state index in [1.165, 1.54) is 12.2 Å². The first-order valence-corrected chi connectivity index (χ1v) is 18.2. The predicted octanol–water partition coefficient (Wildman–Crippen LogP) is 3.93. The van der Waals surface area contributed by atoms with Crippen LogP contribution in [0.15, 0.2) is 66.3 Å². The Balaban J connectivity index is 1.16. The lowest BCUT2D eigenvalue weighted by atomic mass is 9.90. The van der Waals surface area contributed by atoms with Crippen molar-refractivity contribution in [1.29, 1.82) is 0 Å². The minimum Gasteiger partial charge on any atom is -0.462 e. The summed E-state index contributed by atoms with van der Waals surface area (Å²) < 4.78 is 34.9. The molecule has 0 radical (unpaired) electrons. The third kappa shape index (κ3) is 9.08. The number of rotatable bonds is 11. The van der Waals surface area contributed by atoms with Crippen LogP contribution in [0.1, 0.15) is 80.9 Å². The Labute approximate surface area is 314 Å². The molecule has 6 rings (SSSR count). The van der Waals surface area contributed by atoms with Gasteiger partial charge in [-0.25, -0.2) is 14.4 Å². The third-order valence-corrected chi connectivity index (χ3v) is 9.72. The first kappa shape index (κ1) is 38.9. The number of nitrogens with one attached hydrogen (secondary N) is 1. The van der Waals surface area contributed by atoms with Gasteiger partial charge in [0.2, 0.25) is 12.0 Å². The summed E-state index contributed by atoms with van der Waals surface area (Å²) in [5.74, 6) is -3.96. The van der Waals surface area contributed by atoms with Crippen molar-refractivity contribution in [2.75, 3.05) is 13.2 Å². The van der Waals surface area contributed by atoms with Gasteiger partial charge in [-0.1, -0.05) is 50.2 Å². The number of benzene rings is 2. The van der Waals surface area contributed by atoms with E-state index in [1.807, 2.05) is 24.3 Å². The van der Waals surface area contributed by atoms with E-state index in [-0.39, 0.29) is 37.0 Å². The number of esters is 4. The van der Waals surface area contributed by atoms with Crippen molar-refractivity contribution in [1.82, 2.24) is 5.32 Å². The first-order chi connectivity index (χ1) is 25.5. The van der Waals surface area contributed by atoms with Gasteiger partial charge in [0, 0.05) is 42.7 Å². The van der Waals surface area contributed by atoms with Gasteiger partial charge >= 0.3 is 23.9 Å². The molecule has 2 saturated heterocycles. The molecule has 5 atom stereocenters. The molecule has 288 valence electrons. The Hall–Kier alpha value is -4.85. The number of fused-ring (bicyclic) bond motifs is 2. The largest absolute Gasteiger partial charge is 0.462 e. The molecule has 2 heterocycles. The highest BCUT2D eigenvalue weighted by Crippen LogP contribution is 2.45. The van der Waals surface area contributed by atoms with Gasteiger partial charge in [-0.15, -0.1) is 0 Å². The lowest BCUT2D eigenvalue weighted by Crippen LogP contribution is -2.45. The minimum atomic E-state index is -1.03. The van der Waals surface area contributed by atoms with Crippen LogP contribution >= 0.6 is 0 Å². The zero-order chi connectivity index (χ0) is 38.8. The summed E-state index contributed by atoms with van der Waals surface area (Å²) in [5.41, 5.74) is 1.82. The second-order valence-electron chi connectivity index (χ2n) is 15.9. The van der Waals surface area contributed by atoms with Gasteiger partial charge in [0.05, 0.1) is 18.2 Å². The highest BCUT2D eigenvalue weighted by atomic mass is 16.8. The van der Waals surface area contributed by atoms with Gasteiger partial charge in [-0.3, -0.25) is 9.59 Å². The van der Waals surface area contributed by atoms with Gasteiger partial charge in [-0.05, 0) is 68.2 Å². The Bertz CT molecular complexity index is 1830. The van der Waals surface area contributed by atoms with Crippen LogP contribution in [-0.2, 0) is 60.4 Å². The number of ether oxygens (including phenoxy) is 6. The lowest BCUT2D eigenvalue weighted by molar-refractivity contribution is -0.172. The van der Waals surface area contributed by atoms with Crippen molar-refractivity contribution >= 4 is 35.9 Å². The first-order valence-electron chi connectivity index (χ1n) is 18.2. The van der Waals surface area contributed by atoms with Crippen LogP contribution in [0.4, 0.5) is 0 Å². The summed E-state index contributed by atoms with van der Waals surface area (Å²) in [6, 6.07) is 13.6. The molecular formula is C41H47NO12. The fraction of sp³-hybridized carbons (Fsp3) is 0.488. The molecule has 0 aromatic heterocycles. The fourth-order valence-corrected chi connectivity index (χ4v) is 7.06. The van der Waals surface area contributed by atoms with Crippen LogP contribution in [-0.4, -0.2) is 90.0 Å². The Morgan fingerprint density at radius 1 is 1.02 bits per heavy atom. The van der Waals surface area contributed by atoms with Crippen molar-refractivity contribution < 1.29 is 57.5 Å². The molecule has 2 aromatic carbocycles. The quantitative estimate of drug-likeness (QED) is 0.193. The summed E-state index contributed by atoms with van der Waals surface area (Å²) in [4.78, 5) is 64.2. The Morgan fingerprint density at radius 2 is 1.74 bits per heavy atom. The standard InChI is InChI=1S/C41H47NO12/c1-39(2,3)53-33(45)16-14-29(22-43)42-36(46)28-18-30(34-31(19-28)52-41(54-34)20-26-10-6-7-11-27(26)21-41)50-37(47)25-12-8-9-24(17-25)13-15-32(44)51-35-38(48)49-23-40(35,4)5/h6-13,15,17,19,29-31,34-35,43H,14,16,18,20-23H2,1-5H3,(H,42,46)/t29-,30+,31+,34-,35-/m0/s1. The van der Waals surface area contributed by atoms with E-state index in [4.69, 9.17) is 28.4 Å². The molecule has 2 aliphatic heterocycles. The van der Waals surface area contributed by atoms with E-state index in [1.54, 1.807) is 65.0 Å². The molecule has 2 fully saturated rings. The number of carbonyl (C=O) groups excluding carboxylic acids is 5. The van der Waals surface area contributed by atoms with E-state index in [9.17, 15) is 29.1 Å². The smallest absolute Gasteiger partial charge is 0.348 e. The lowest BCUT2D eigenvalue weighted by Gasteiger charge is -2.31. The molecule has 13 heteroatoms. The number of hydrogen-bond acceptors (Lipinski definition) is 12. The molecule has 0 unspecified atom stereocenters.